The van der Waals surface area contributed by atoms with Crippen LogP contribution in [0.3, 0.4) is 0 Å². The van der Waals surface area contributed by atoms with E-state index in [9.17, 15) is 0 Å². The fraction of sp³-hybridized carbons (Fsp3) is 0.364. The molecule has 2 aromatic heterocycles. The lowest BCUT2D eigenvalue weighted by Gasteiger charge is -2.05. The molecule has 0 saturated heterocycles. The van der Waals surface area contributed by atoms with Crippen LogP contribution >= 0.6 is 11.3 Å². The molecule has 0 spiro atoms. The molecule has 0 aliphatic carbocycles. The molecule has 0 aromatic carbocycles. The SMILES string of the molecule is CCOCCn1ccnc1-c1cccs1. The van der Waals surface area contributed by atoms with Gasteiger partial charge in [0.2, 0.25) is 0 Å². The number of imidazole rings is 1. The predicted octanol–water partition coefficient (Wildman–Crippen LogP) is 2.65. The Hall–Kier alpha value is -1.13. The van der Waals surface area contributed by atoms with E-state index < -0.39 is 0 Å². The van der Waals surface area contributed by atoms with Gasteiger partial charge in [-0.25, -0.2) is 4.98 Å². The number of hydrogen-bond acceptors (Lipinski definition) is 3. The summed E-state index contributed by atoms with van der Waals surface area (Å²) in [7, 11) is 0. The number of ether oxygens (including phenoxy) is 1. The highest BCUT2D eigenvalue weighted by Gasteiger charge is 2.05. The molecule has 0 aliphatic heterocycles. The molecule has 0 atom stereocenters. The molecule has 0 unspecified atom stereocenters. The van der Waals surface area contributed by atoms with Crippen LogP contribution in [0.5, 0.6) is 0 Å². The predicted molar refractivity (Wildman–Crippen MR) is 62.0 cm³/mol. The van der Waals surface area contributed by atoms with E-state index in [1.54, 1.807) is 11.3 Å². The Morgan fingerprint density at radius 3 is 3.20 bits per heavy atom. The van der Waals surface area contributed by atoms with E-state index in [1.165, 1.54) is 4.88 Å². The van der Waals surface area contributed by atoms with Gasteiger partial charge < -0.3 is 9.30 Å². The molecule has 0 amide bonds. The van der Waals surface area contributed by atoms with Crippen LogP contribution in [0.25, 0.3) is 10.7 Å². The van der Waals surface area contributed by atoms with Crippen molar-refractivity contribution in [1.29, 1.82) is 0 Å². The van der Waals surface area contributed by atoms with E-state index in [0.717, 1.165) is 25.6 Å². The van der Waals surface area contributed by atoms with Gasteiger partial charge in [-0.2, -0.15) is 0 Å². The number of rotatable bonds is 5. The molecule has 0 aliphatic rings. The Labute approximate surface area is 93.3 Å². The maximum Gasteiger partial charge on any atom is 0.150 e. The highest BCUT2D eigenvalue weighted by Crippen LogP contribution is 2.22. The second-order valence-corrected chi connectivity index (χ2v) is 4.07. The van der Waals surface area contributed by atoms with Crippen LogP contribution in [-0.4, -0.2) is 22.8 Å². The van der Waals surface area contributed by atoms with Crippen LogP contribution in [0.1, 0.15) is 6.92 Å². The third kappa shape index (κ3) is 2.46. The van der Waals surface area contributed by atoms with Gasteiger partial charge in [-0.1, -0.05) is 6.07 Å². The zero-order valence-electron chi connectivity index (χ0n) is 8.72. The Morgan fingerprint density at radius 2 is 2.47 bits per heavy atom. The van der Waals surface area contributed by atoms with Crippen LogP contribution < -0.4 is 0 Å². The van der Waals surface area contributed by atoms with Gasteiger partial charge >= 0.3 is 0 Å². The minimum absolute atomic E-state index is 0.741. The van der Waals surface area contributed by atoms with Gasteiger partial charge in [0.25, 0.3) is 0 Å². The van der Waals surface area contributed by atoms with E-state index in [-0.39, 0.29) is 0 Å². The molecule has 15 heavy (non-hydrogen) atoms. The molecule has 4 heteroatoms. The largest absolute Gasteiger partial charge is 0.380 e. The van der Waals surface area contributed by atoms with Crippen molar-refractivity contribution < 1.29 is 4.74 Å². The monoisotopic (exact) mass is 222 g/mol. The highest BCUT2D eigenvalue weighted by molar-refractivity contribution is 7.13. The van der Waals surface area contributed by atoms with Gasteiger partial charge in [-0.15, -0.1) is 11.3 Å². The third-order valence-electron chi connectivity index (χ3n) is 2.14. The summed E-state index contributed by atoms with van der Waals surface area (Å²) in [4.78, 5) is 5.56. The van der Waals surface area contributed by atoms with Crippen molar-refractivity contribution >= 4 is 11.3 Å². The van der Waals surface area contributed by atoms with Crippen molar-refractivity contribution in [2.24, 2.45) is 0 Å². The normalized spacial score (nSPS) is 10.7. The van der Waals surface area contributed by atoms with Crippen molar-refractivity contribution in [3.05, 3.63) is 29.9 Å². The molecule has 2 rings (SSSR count). The fourth-order valence-electron chi connectivity index (χ4n) is 1.43. The van der Waals surface area contributed by atoms with E-state index >= 15 is 0 Å². The summed E-state index contributed by atoms with van der Waals surface area (Å²) in [5.41, 5.74) is 0. The first-order chi connectivity index (χ1) is 7.42. The first-order valence-corrected chi connectivity index (χ1v) is 5.92. The average Bonchev–Trinajstić information content (AvgIpc) is 2.87. The summed E-state index contributed by atoms with van der Waals surface area (Å²) in [6.07, 6.45) is 3.83. The van der Waals surface area contributed by atoms with Crippen LogP contribution in [0.15, 0.2) is 29.9 Å². The first kappa shape index (κ1) is 10.4. The molecule has 0 radical (unpaired) electrons. The smallest absolute Gasteiger partial charge is 0.150 e. The van der Waals surface area contributed by atoms with Gasteiger partial charge in [0, 0.05) is 25.5 Å². The molecule has 0 saturated carbocycles. The highest BCUT2D eigenvalue weighted by atomic mass is 32.1. The van der Waals surface area contributed by atoms with Crippen LogP contribution in [-0.2, 0) is 11.3 Å². The van der Waals surface area contributed by atoms with Crippen LogP contribution in [0.4, 0.5) is 0 Å². The van der Waals surface area contributed by atoms with Gasteiger partial charge in [0.15, 0.2) is 0 Å². The molecule has 3 nitrogen and oxygen atoms in total. The van der Waals surface area contributed by atoms with Crippen molar-refractivity contribution in [2.75, 3.05) is 13.2 Å². The number of nitrogens with zero attached hydrogens (tertiary/aromatic N) is 2. The van der Waals surface area contributed by atoms with Crippen molar-refractivity contribution in [3.63, 3.8) is 0 Å². The summed E-state index contributed by atoms with van der Waals surface area (Å²) >= 11 is 1.71. The maximum atomic E-state index is 5.33. The standard InChI is InChI=1S/C11H14N2OS/c1-2-14-8-7-13-6-5-12-11(13)10-4-3-9-15-10/h3-6,9H,2,7-8H2,1H3. The Balaban J connectivity index is 2.09. The molecular weight excluding hydrogens is 208 g/mol. The first-order valence-electron chi connectivity index (χ1n) is 5.04. The third-order valence-corrected chi connectivity index (χ3v) is 3.00. The van der Waals surface area contributed by atoms with E-state index in [2.05, 4.69) is 21.0 Å². The maximum absolute atomic E-state index is 5.33. The summed E-state index contributed by atoms with van der Waals surface area (Å²) in [6, 6.07) is 4.13. The topological polar surface area (TPSA) is 27.1 Å². The minimum atomic E-state index is 0.741. The van der Waals surface area contributed by atoms with Crippen LogP contribution in [0, 0.1) is 0 Å². The summed E-state index contributed by atoms with van der Waals surface area (Å²) in [5, 5.41) is 2.07. The van der Waals surface area contributed by atoms with Crippen molar-refractivity contribution in [1.82, 2.24) is 9.55 Å². The zero-order valence-corrected chi connectivity index (χ0v) is 9.54. The number of hydrogen-bond donors (Lipinski definition) is 0. The quantitative estimate of drug-likeness (QED) is 0.727. The molecule has 0 fully saturated rings. The molecule has 0 bridgehead atoms. The minimum Gasteiger partial charge on any atom is -0.380 e. The van der Waals surface area contributed by atoms with Crippen molar-refractivity contribution in [3.8, 4) is 10.7 Å². The Kier molecular flexibility index (Phi) is 3.53. The number of thiophene rings is 1. The lowest BCUT2D eigenvalue weighted by molar-refractivity contribution is 0.139. The molecule has 2 heterocycles. The second-order valence-electron chi connectivity index (χ2n) is 3.12. The van der Waals surface area contributed by atoms with Crippen molar-refractivity contribution in [2.45, 2.75) is 13.5 Å². The molecule has 2 aromatic rings. The summed E-state index contributed by atoms with van der Waals surface area (Å²) in [6.45, 7) is 4.38. The molecule has 80 valence electrons. The van der Waals surface area contributed by atoms with Gasteiger partial charge in [-0.3, -0.25) is 0 Å². The van der Waals surface area contributed by atoms with E-state index in [1.807, 2.05) is 25.4 Å². The van der Waals surface area contributed by atoms with Gasteiger partial charge in [0.1, 0.15) is 5.82 Å². The fourth-order valence-corrected chi connectivity index (χ4v) is 2.16. The molecule has 0 N–H and O–H groups in total. The van der Waals surface area contributed by atoms with Gasteiger partial charge in [-0.05, 0) is 18.4 Å². The number of aromatic nitrogens is 2. The van der Waals surface area contributed by atoms with E-state index in [0.29, 0.717) is 0 Å². The summed E-state index contributed by atoms with van der Waals surface area (Å²) < 4.78 is 7.46. The molecular formula is C11H14N2OS. The van der Waals surface area contributed by atoms with Crippen LogP contribution in [0.2, 0.25) is 0 Å². The lowest BCUT2D eigenvalue weighted by atomic mass is 10.4. The Bertz CT molecular complexity index is 394. The lowest BCUT2D eigenvalue weighted by Crippen LogP contribution is -2.05. The van der Waals surface area contributed by atoms with Gasteiger partial charge in [0.05, 0.1) is 11.5 Å². The van der Waals surface area contributed by atoms with E-state index in [4.69, 9.17) is 4.74 Å². The second kappa shape index (κ2) is 5.09. The summed E-state index contributed by atoms with van der Waals surface area (Å²) in [5.74, 6) is 1.03. The Morgan fingerprint density at radius 1 is 1.53 bits per heavy atom. The average molecular weight is 222 g/mol. The zero-order chi connectivity index (χ0) is 10.5.